The molecule has 43 heavy (non-hydrogen) atoms. The largest absolute Gasteiger partial charge is 0.494 e. The van der Waals surface area contributed by atoms with Gasteiger partial charge in [0.15, 0.2) is 0 Å². The molecule has 3 rings (SSSR count). The molecule has 0 N–H and O–H groups in total. The second-order valence-corrected chi connectivity index (χ2v) is 11.0. The Balaban J connectivity index is 1.41. The Morgan fingerprint density at radius 1 is 0.674 bits per heavy atom. The van der Waals surface area contributed by atoms with Crippen LogP contribution < -0.4 is 9.47 Å². The van der Waals surface area contributed by atoms with Gasteiger partial charge in [0.05, 0.1) is 23.8 Å². The third kappa shape index (κ3) is 12.4. The zero-order valence-electron chi connectivity index (χ0n) is 25.8. The molecule has 0 aliphatic heterocycles. The highest BCUT2D eigenvalue weighted by atomic mass is 16.5. The summed E-state index contributed by atoms with van der Waals surface area (Å²) >= 11 is 0. The van der Waals surface area contributed by atoms with Gasteiger partial charge in [0.25, 0.3) is 0 Å². The molecule has 0 heterocycles. The van der Waals surface area contributed by atoms with Crippen molar-refractivity contribution in [3.8, 4) is 35.0 Å². The minimum absolute atomic E-state index is 0.200. The Kier molecular flexibility index (Phi) is 14.9. The number of hydrogen-bond acceptors (Lipinski definition) is 5. The average Bonchev–Trinajstić information content (AvgIpc) is 3.03. The van der Waals surface area contributed by atoms with E-state index in [4.69, 9.17) is 20.6 Å². The van der Waals surface area contributed by atoms with Crippen molar-refractivity contribution in [2.45, 2.75) is 97.0 Å². The monoisotopic (exact) mass is 582 g/mol. The van der Waals surface area contributed by atoms with Crippen LogP contribution >= 0.6 is 0 Å². The van der Waals surface area contributed by atoms with E-state index in [1.54, 1.807) is 36.4 Å². The minimum atomic E-state index is -0.493. The molecule has 228 valence electrons. The van der Waals surface area contributed by atoms with Crippen LogP contribution in [0.2, 0.25) is 0 Å². The number of unbranched alkanes of at least 4 members (excludes halogenated alkanes) is 9. The second kappa shape index (κ2) is 19.2. The maximum absolute atomic E-state index is 12.7. The number of carbonyl (C=O) groups excluding carboxylic acids is 2. The molecule has 0 fully saturated rings. The molecule has 0 aliphatic rings. The normalized spacial score (nSPS) is 11.4. The van der Waals surface area contributed by atoms with E-state index < -0.39 is 11.9 Å². The quantitative estimate of drug-likeness (QED) is 0.0609. The molecule has 3 aromatic rings. The van der Waals surface area contributed by atoms with Gasteiger partial charge >= 0.3 is 11.9 Å². The molecule has 0 radical (unpaired) electrons. The average molecular weight is 583 g/mol. The number of esters is 2. The number of terminal acetylenes is 1. The lowest BCUT2D eigenvalue weighted by atomic mass is 10.1. The summed E-state index contributed by atoms with van der Waals surface area (Å²) in [6, 6.07) is 21.8. The molecular formula is C38H46O5. The van der Waals surface area contributed by atoms with E-state index in [-0.39, 0.29) is 6.10 Å². The van der Waals surface area contributed by atoms with Gasteiger partial charge in [-0.1, -0.05) is 76.1 Å². The standard InChI is InChI=1S/C38H46O5/c1-4-6-8-10-11-12-13-15-29-41-35-25-21-31(22-26-35)32-23-27-36(28-24-32)43-38(40)34-19-17-33(18-20-34)37(39)42-30(3)16-14-9-7-5-2/h2,17-28,30H,4,6-16,29H2,1,3H3/t30-/m1/s1. The molecule has 0 bridgehead atoms. The molecule has 1 atom stereocenters. The van der Waals surface area contributed by atoms with E-state index in [9.17, 15) is 9.59 Å². The molecule has 0 saturated carbocycles. The maximum atomic E-state index is 12.7. The van der Waals surface area contributed by atoms with Crippen LogP contribution in [0.25, 0.3) is 11.1 Å². The van der Waals surface area contributed by atoms with Crippen LogP contribution in [-0.2, 0) is 4.74 Å². The summed E-state index contributed by atoms with van der Waals surface area (Å²) in [5.41, 5.74) is 2.82. The summed E-state index contributed by atoms with van der Waals surface area (Å²) in [6.45, 7) is 4.86. The molecule has 3 aromatic carbocycles. The van der Waals surface area contributed by atoms with Gasteiger partial charge in [0, 0.05) is 6.42 Å². The minimum Gasteiger partial charge on any atom is -0.494 e. The van der Waals surface area contributed by atoms with Crippen LogP contribution in [0.15, 0.2) is 72.8 Å². The Labute approximate surface area is 258 Å². The Bertz CT molecular complexity index is 1270. The zero-order valence-corrected chi connectivity index (χ0v) is 25.8. The summed E-state index contributed by atoms with van der Waals surface area (Å²) in [7, 11) is 0. The molecule has 0 aliphatic carbocycles. The third-order valence-corrected chi connectivity index (χ3v) is 7.37. The van der Waals surface area contributed by atoms with Crippen molar-refractivity contribution in [1.82, 2.24) is 0 Å². The van der Waals surface area contributed by atoms with Crippen molar-refractivity contribution < 1.29 is 23.8 Å². The third-order valence-electron chi connectivity index (χ3n) is 7.37. The van der Waals surface area contributed by atoms with Crippen molar-refractivity contribution in [1.29, 1.82) is 0 Å². The number of ether oxygens (including phenoxy) is 3. The van der Waals surface area contributed by atoms with E-state index in [1.807, 2.05) is 43.3 Å². The molecule has 5 heteroatoms. The molecule has 0 saturated heterocycles. The summed E-state index contributed by atoms with van der Waals surface area (Å²) in [5.74, 6) is 3.03. The lowest BCUT2D eigenvalue weighted by Gasteiger charge is -2.13. The van der Waals surface area contributed by atoms with Crippen molar-refractivity contribution in [3.63, 3.8) is 0 Å². The SMILES string of the molecule is C#CCCCC[C@@H](C)OC(=O)c1ccc(C(=O)Oc2ccc(-c3ccc(OCCCCCCCCCC)cc3)cc2)cc1. The van der Waals surface area contributed by atoms with Gasteiger partial charge < -0.3 is 14.2 Å². The molecular weight excluding hydrogens is 536 g/mol. The first kappa shape index (κ1) is 33.5. The van der Waals surface area contributed by atoms with Crippen molar-refractivity contribution in [2.24, 2.45) is 0 Å². The Morgan fingerprint density at radius 3 is 1.79 bits per heavy atom. The predicted octanol–water partition coefficient (Wildman–Crippen LogP) is 9.83. The highest BCUT2D eigenvalue weighted by molar-refractivity contribution is 5.94. The molecule has 5 nitrogen and oxygen atoms in total. The van der Waals surface area contributed by atoms with Gasteiger partial charge in [-0.2, -0.15) is 0 Å². The van der Waals surface area contributed by atoms with Gasteiger partial charge in [0.2, 0.25) is 0 Å². The lowest BCUT2D eigenvalue weighted by molar-refractivity contribution is 0.0319. The fourth-order valence-corrected chi connectivity index (χ4v) is 4.76. The molecule has 0 aromatic heterocycles. The van der Waals surface area contributed by atoms with Crippen molar-refractivity contribution in [3.05, 3.63) is 83.9 Å². The van der Waals surface area contributed by atoms with E-state index in [0.717, 1.165) is 55.6 Å². The van der Waals surface area contributed by atoms with Gasteiger partial charge in [-0.05, 0) is 92.3 Å². The second-order valence-electron chi connectivity index (χ2n) is 11.0. The van der Waals surface area contributed by atoms with Crippen LogP contribution in [0.1, 0.15) is 112 Å². The fraction of sp³-hybridized carbons (Fsp3) is 0.421. The number of carbonyl (C=O) groups is 2. The first-order chi connectivity index (χ1) is 21.0. The van der Waals surface area contributed by atoms with Crippen molar-refractivity contribution >= 4 is 11.9 Å². The summed E-state index contributed by atoms with van der Waals surface area (Å²) in [6.07, 6.45) is 18.6. The summed E-state index contributed by atoms with van der Waals surface area (Å²) in [4.78, 5) is 25.1. The van der Waals surface area contributed by atoms with Crippen LogP contribution in [-0.4, -0.2) is 24.6 Å². The topological polar surface area (TPSA) is 61.8 Å². The molecule has 0 amide bonds. The lowest BCUT2D eigenvalue weighted by Crippen LogP contribution is -2.15. The predicted molar refractivity (Wildman–Crippen MR) is 174 cm³/mol. The zero-order chi connectivity index (χ0) is 30.7. The summed E-state index contributed by atoms with van der Waals surface area (Å²) < 4.78 is 17.0. The van der Waals surface area contributed by atoms with Crippen LogP contribution in [0, 0.1) is 12.3 Å². The maximum Gasteiger partial charge on any atom is 0.343 e. The number of rotatable bonds is 19. The van der Waals surface area contributed by atoms with Gasteiger partial charge in [-0.15, -0.1) is 12.3 Å². The van der Waals surface area contributed by atoms with Crippen LogP contribution in [0.5, 0.6) is 11.5 Å². The Morgan fingerprint density at radius 2 is 1.21 bits per heavy atom. The van der Waals surface area contributed by atoms with E-state index >= 15 is 0 Å². The number of benzene rings is 3. The van der Waals surface area contributed by atoms with E-state index in [1.165, 1.54) is 44.9 Å². The fourth-order valence-electron chi connectivity index (χ4n) is 4.76. The van der Waals surface area contributed by atoms with E-state index in [0.29, 0.717) is 16.9 Å². The van der Waals surface area contributed by atoms with Gasteiger partial charge in [0.1, 0.15) is 11.5 Å². The molecule has 0 spiro atoms. The number of hydrogen-bond donors (Lipinski definition) is 0. The van der Waals surface area contributed by atoms with E-state index in [2.05, 4.69) is 12.8 Å². The van der Waals surface area contributed by atoms with Gasteiger partial charge in [-0.25, -0.2) is 9.59 Å². The van der Waals surface area contributed by atoms with Crippen LogP contribution in [0.3, 0.4) is 0 Å². The summed E-state index contributed by atoms with van der Waals surface area (Å²) in [5, 5.41) is 0. The smallest absolute Gasteiger partial charge is 0.343 e. The van der Waals surface area contributed by atoms with Crippen molar-refractivity contribution in [2.75, 3.05) is 6.61 Å². The highest BCUT2D eigenvalue weighted by Crippen LogP contribution is 2.25. The Hall–Kier alpha value is -4.04. The van der Waals surface area contributed by atoms with Crippen LogP contribution in [0.4, 0.5) is 0 Å². The molecule has 0 unspecified atom stereocenters. The van der Waals surface area contributed by atoms with Gasteiger partial charge in [-0.3, -0.25) is 0 Å². The highest BCUT2D eigenvalue weighted by Gasteiger charge is 2.14. The first-order valence-electron chi connectivity index (χ1n) is 15.8. The first-order valence-corrected chi connectivity index (χ1v) is 15.8.